The summed E-state index contributed by atoms with van der Waals surface area (Å²) in [6.07, 6.45) is 2.36. The monoisotopic (exact) mass is 225 g/mol. The third kappa shape index (κ3) is 2.15. The van der Waals surface area contributed by atoms with Gasteiger partial charge in [0.1, 0.15) is 5.84 Å². The van der Waals surface area contributed by atoms with E-state index in [1.165, 1.54) is 23.6 Å². The zero-order chi connectivity index (χ0) is 11.7. The van der Waals surface area contributed by atoms with E-state index in [0.29, 0.717) is 6.04 Å². The van der Waals surface area contributed by atoms with Crippen LogP contribution in [0.4, 0.5) is 0 Å². The van der Waals surface area contributed by atoms with Gasteiger partial charge >= 0.3 is 0 Å². The topological polar surface area (TPSA) is 50.4 Å². The Hall–Kier alpha value is -1.87. The summed E-state index contributed by atoms with van der Waals surface area (Å²) in [5.74, 6) is 6.33. The highest BCUT2D eigenvalue weighted by atomic mass is 15.3. The number of nitrogens with one attached hydrogen (secondary N) is 1. The molecule has 3 nitrogen and oxygen atoms in total. The molecule has 0 atom stereocenters. The van der Waals surface area contributed by atoms with Crippen LogP contribution in [-0.4, -0.2) is 11.9 Å². The van der Waals surface area contributed by atoms with Crippen molar-refractivity contribution >= 4 is 16.6 Å². The Morgan fingerprint density at radius 3 is 2.59 bits per heavy atom. The van der Waals surface area contributed by atoms with Gasteiger partial charge in [-0.1, -0.05) is 36.4 Å². The molecule has 3 heteroatoms. The van der Waals surface area contributed by atoms with Crippen LogP contribution in [0.25, 0.3) is 10.8 Å². The Morgan fingerprint density at radius 1 is 1.12 bits per heavy atom. The first-order valence-electron chi connectivity index (χ1n) is 5.90. The summed E-state index contributed by atoms with van der Waals surface area (Å²) < 4.78 is 0. The van der Waals surface area contributed by atoms with Gasteiger partial charge in [-0.05, 0) is 29.7 Å². The van der Waals surface area contributed by atoms with E-state index in [0.717, 1.165) is 11.4 Å². The molecule has 2 aromatic rings. The predicted molar refractivity (Wildman–Crippen MR) is 70.8 cm³/mol. The van der Waals surface area contributed by atoms with Crippen LogP contribution in [0.5, 0.6) is 0 Å². The normalized spacial score (nSPS) is 16.2. The molecule has 86 valence electrons. The molecule has 0 spiro atoms. The molecule has 0 aliphatic heterocycles. The van der Waals surface area contributed by atoms with Crippen molar-refractivity contribution in [2.24, 2.45) is 10.8 Å². The molecule has 0 bridgehead atoms. The lowest BCUT2D eigenvalue weighted by Gasteiger charge is -2.07. The summed E-state index contributed by atoms with van der Waals surface area (Å²) in [5, 5.41) is 2.45. The number of aliphatic imine (C=N–C) groups is 1. The SMILES string of the molecule is NNC(=NC1CC1)c1ccc2ccccc2c1. The second kappa shape index (κ2) is 4.18. The highest BCUT2D eigenvalue weighted by Crippen LogP contribution is 2.24. The highest BCUT2D eigenvalue weighted by molar-refractivity contribution is 6.01. The molecule has 0 unspecified atom stereocenters. The summed E-state index contributed by atoms with van der Waals surface area (Å²) in [6, 6.07) is 15.0. The van der Waals surface area contributed by atoms with Gasteiger partial charge in [0.05, 0.1) is 6.04 Å². The van der Waals surface area contributed by atoms with Crippen molar-refractivity contribution in [2.75, 3.05) is 0 Å². The highest BCUT2D eigenvalue weighted by Gasteiger charge is 2.21. The van der Waals surface area contributed by atoms with Crippen molar-refractivity contribution in [3.8, 4) is 0 Å². The van der Waals surface area contributed by atoms with Crippen molar-refractivity contribution in [2.45, 2.75) is 18.9 Å². The maximum atomic E-state index is 5.54. The van der Waals surface area contributed by atoms with Gasteiger partial charge < -0.3 is 5.43 Å². The van der Waals surface area contributed by atoms with Gasteiger partial charge in [0.15, 0.2) is 0 Å². The smallest absolute Gasteiger partial charge is 0.142 e. The minimum absolute atomic E-state index is 0.465. The first-order valence-corrected chi connectivity index (χ1v) is 5.90. The average Bonchev–Trinajstić information content (AvgIpc) is 3.19. The molecule has 1 fully saturated rings. The molecular formula is C14H15N3. The third-order valence-electron chi connectivity index (χ3n) is 3.02. The van der Waals surface area contributed by atoms with E-state index in [1.54, 1.807) is 0 Å². The maximum absolute atomic E-state index is 5.54. The van der Waals surface area contributed by atoms with Crippen LogP contribution >= 0.6 is 0 Å². The standard InChI is InChI=1S/C14H15N3/c15-17-14(16-13-7-8-13)12-6-5-10-3-1-2-4-11(10)9-12/h1-6,9,13H,7-8,15H2,(H,16,17). The van der Waals surface area contributed by atoms with Crippen LogP contribution in [0.1, 0.15) is 18.4 Å². The Labute approximate surface area is 100 Å². The molecule has 0 heterocycles. The molecule has 0 amide bonds. The Kier molecular flexibility index (Phi) is 2.53. The van der Waals surface area contributed by atoms with Crippen LogP contribution in [0.3, 0.4) is 0 Å². The molecular weight excluding hydrogens is 210 g/mol. The second-order valence-corrected chi connectivity index (χ2v) is 4.42. The van der Waals surface area contributed by atoms with Crippen LogP contribution in [0.2, 0.25) is 0 Å². The molecule has 17 heavy (non-hydrogen) atoms. The zero-order valence-electron chi connectivity index (χ0n) is 9.56. The first-order chi connectivity index (χ1) is 8.36. The predicted octanol–water partition coefficient (Wildman–Crippen LogP) is 2.21. The van der Waals surface area contributed by atoms with Crippen molar-refractivity contribution in [1.82, 2.24) is 5.43 Å². The summed E-state index contributed by atoms with van der Waals surface area (Å²) in [6.45, 7) is 0. The quantitative estimate of drug-likeness (QED) is 0.356. The summed E-state index contributed by atoms with van der Waals surface area (Å²) in [4.78, 5) is 4.56. The van der Waals surface area contributed by atoms with Gasteiger partial charge in [0.2, 0.25) is 0 Å². The van der Waals surface area contributed by atoms with Crippen LogP contribution in [-0.2, 0) is 0 Å². The minimum atomic E-state index is 0.465. The number of amidine groups is 1. The van der Waals surface area contributed by atoms with Gasteiger partial charge in [-0.3, -0.25) is 4.99 Å². The number of hydrazine groups is 1. The van der Waals surface area contributed by atoms with Crippen LogP contribution in [0.15, 0.2) is 47.5 Å². The molecule has 0 aromatic heterocycles. The lowest BCUT2D eigenvalue weighted by Crippen LogP contribution is -2.31. The van der Waals surface area contributed by atoms with Gasteiger partial charge in [-0.25, -0.2) is 5.84 Å². The van der Waals surface area contributed by atoms with E-state index in [-0.39, 0.29) is 0 Å². The van der Waals surface area contributed by atoms with E-state index in [2.05, 4.69) is 40.8 Å². The largest absolute Gasteiger partial charge is 0.308 e. The molecule has 0 saturated heterocycles. The van der Waals surface area contributed by atoms with E-state index in [1.807, 2.05) is 12.1 Å². The number of fused-ring (bicyclic) bond motifs is 1. The third-order valence-corrected chi connectivity index (χ3v) is 3.02. The first kappa shape index (κ1) is 10.3. The maximum Gasteiger partial charge on any atom is 0.142 e. The van der Waals surface area contributed by atoms with E-state index in [4.69, 9.17) is 5.84 Å². The number of nitrogens with zero attached hydrogens (tertiary/aromatic N) is 1. The Balaban J connectivity index is 2.04. The van der Waals surface area contributed by atoms with Gasteiger partial charge in [-0.15, -0.1) is 0 Å². The number of hydrogen-bond donors (Lipinski definition) is 2. The molecule has 2 aromatic carbocycles. The summed E-state index contributed by atoms with van der Waals surface area (Å²) >= 11 is 0. The van der Waals surface area contributed by atoms with Crippen molar-refractivity contribution in [1.29, 1.82) is 0 Å². The molecule has 1 aliphatic rings. The Morgan fingerprint density at radius 2 is 1.88 bits per heavy atom. The fraction of sp³-hybridized carbons (Fsp3) is 0.214. The molecule has 1 aliphatic carbocycles. The van der Waals surface area contributed by atoms with Crippen molar-refractivity contribution < 1.29 is 0 Å². The molecule has 0 radical (unpaired) electrons. The van der Waals surface area contributed by atoms with Crippen LogP contribution < -0.4 is 11.3 Å². The number of nitrogens with two attached hydrogens (primary N) is 1. The molecule has 3 N–H and O–H groups in total. The zero-order valence-corrected chi connectivity index (χ0v) is 9.56. The van der Waals surface area contributed by atoms with Crippen molar-refractivity contribution in [3.05, 3.63) is 48.0 Å². The fourth-order valence-corrected chi connectivity index (χ4v) is 1.92. The lowest BCUT2D eigenvalue weighted by atomic mass is 10.1. The minimum Gasteiger partial charge on any atom is -0.308 e. The summed E-state index contributed by atoms with van der Waals surface area (Å²) in [7, 11) is 0. The number of rotatable bonds is 2. The van der Waals surface area contributed by atoms with E-state index < -0.39 is 0 Å². The fourth-order valence-electron chi connectivity index (χ4n) is 1.92. The summed E-state index contributed by atoms with van der Waals surface area (Å²) in [5.41, 5.74) is 3.76. The Bertz CT molecular complexity index is 570. The number of benzene rings is 2. The van der Waals surface area contributed by atoms with Crippen LogP contribution in [0, 0.1) is 0 Å². The van der Waals surface area contributed by atoms with Crippen molar-refractivity contribution in [3.63, 3.8) is 0 Å². The van der Waals surface area contributed by atoms with E-state index >= 15 is 0 Å². The van der Waals surface area contributed by atoms with E-state index in [9.17, 15) is 0 Å². The average molecular weight is 225 g/mol. The molecule has 3 rings (SSSR count). The molecule has 1 saturated carbocycles. The number of hydrogen-bond acceptors (Lipinski definition) is 2. The lowest BCUT2D eigenvalue weighted by molar-refractivity contribution is 0.971. The second-order valence-electron chi connectivity index (χ2n) is 4.42. The van der Waals surface area contributed by atoms with Gasteiger partial charge in [0.25, 0.3) is 0 Å². The van der Waals surface area contributed by atoms with Gasteiger partial charge in [-0.2, -0.15) is 0 Å². The van der Waals surface area contributed by atoms with Gasteiger partial charge in [0, 0.05) is 5.56 Å².